The van der Waals surface area contributed by atoms with Gasteiger partial charge in [-0.1, -0.05) is 48.5 Å². The average Bonchev–Trinajstić information content (AvgIpc) is 2.47. The first-order valence-corrected chi connectivity index (χ1v) is 7.28. The van der Waals surface area contributed by atoms with E-state index in [4.69, 9.17) is 0 Å². The third-order valence-electron chi connectivity index (χ3n) is 4.19. The lowest BCUT2D eigenvalue weighted by atomic mass is 9.76. The van der Waals surface area contributed by atoms with Crippen LogP contribution in [0.1, 0.15) is 34.6 Å². The Morgan fingerprint density at radius 2 is 1.60 bits per heavy atom. The van der Waals surface area contributed by atoms with Crippen molar-refractivity contribution in [2.75, 3.05) is 13.6 Å². The fourth-order valence-electron chi connectivity index (χ4n) is 3.29. The number of aliphatic hydroxyl groups is 1. The normalized spacial score (nSPS) is 15.5. The zero-order valence-corrected chi connectivity index (χ0v) is 11.8. The van der Waals surface area contributed by atoms with Gasteiger partial charge in [0.05, 0.1) is 6.10 Å². The molecule has 2 nitrogen and oxygen atoms in total. The molecule has 1 aliphatic carbocycles. The van der Waals surface area contributed by atoms with E-state index in [0.717, 1.165) is 12.8 Å². The molecule has 2 N–H and O–H groups in total. The van der Waals surface area contributed by atoms with Gasteiger partial charge in [0.2, 0.25) is 0 Å². The van der Waals surface area contributed by atoms with Gasteiger partial charge in [0.1, 0.15) is 0 Å². The topological polar surface area (TPSA) is 32.3 Å². The molecule has 20 heavy (non-hydrogen) atoms. The summed E-state index contributed by atoms with van der Waals surface area (Å²) in [5.41, 5.74) is 5.54. The van der Waals surface area contributed by atoms with Crippen LogP contribution in [0, 0.1) is 0 Å². The van der Waals surface area contributed by atoms with Crippen LogP contribution >= 0.6 is 0 Å². The van der Waals surface area contributed by atoms with Gasteiger partial charge < -0.3 is 10.4 Å². The van der Waals surface area contributed by atoms with E-state index >= 15 is 0 Å². The summed E-state index contributed by atoms with van der Waals surface area (Å²) in [7, 11) is 1.88. The molecule has 3 rings (SSSR count). The van der Waals surface area contributed by atoms with Crippen molar-refractivity contribution in [1.29, 1.82) is 0 Å². The number of benzene rings is 2. The van der Waals surface area contributed by atoms with Crippen molar-refractivity contribution in [2.24, 2.45) is 0 Å². The maximum Gasteiger partial charge on any atom is 0.0673 e. The third kappa shape index (κ3) is 2.49. The van der Waals surface area contributed by atoms with E-state index in [1.54, 1.807) is 0 Å². The molecule has 0 heterocycles. The van der Waals surface area contributed by atoms with E-state index in [1.807, 2.05) is 7.05 Å². The lowest BCUT2D eigenvalue weighted by Gasteiger charge is -2.30. The zero-order valence-electron chi connectivity index (χ0n) is 11.8. The highest BCUT2D eigenvalue weighted by molar-refractivity contribution is 5.49. The van der Waals surface area contributed by atoms with Crippen LogP contribution in [0.4, 0.5) is 0 Å². The molecule has 2 aromatic carbocycles. The Bertz CT molecular complexity index is 548. The third-order valence-corrected chi connectivity index (χ3v) is 4.19. The summed E-state index contributed by atoms with van der Waals surface area (Å²) in [6.07, 6.45) is 1.46. The van der Waals surface area contributed by atoms with Gasteiger partial charge in [-0.3, -0.25) is 0 Å². The SMILES string of the molecule is CNC[C@@H](O)CC1c2ccccc2Cc2ccccc21. The van der Waals surface area contributed by atoms with Gasteiger partial charge in [0.25, 0.3) is 0 Å². The first kappa shape index (κ1) is 13.3. The summed E-state index contributed by atoms with van der Waals surface area (Å²) >= 11 is 0. The van der Waals surface area contributed by atoms with Crippen molar-refractivity contribution in [3.05, 3.63) is 70.8 Å². The maximum absolute atomic E-state index is 10.2. The van der Waals surface area contributed by atoms with Gasteiger partial charge in [-0.05, 0) is 42.1 Å². The van der Waals surface area contributed by atoms with Crippen molar-refractivity contribution in [3.63, 3.8) is 0 Å². The van der Waals surface area contributed by atoms with E-state index in [2.05, 4.69) is 53.8 Å². The lowest BCUT2D eigenvalue weighted by molar-refractivity contribution is 0.159. The number of fused-ring (bicyclic) bond motifs is 2. The zero-order chi connectivity index (χ0) is 13.9. The first-order chi connectivity index (χ1) is 9.79. The largest absolute Gasteiger partial charge is 0.392 e. The van der Waals surface area contributed by atoms with Gasteiger partial charge in [0, 0.05) is 12.5 Å². The number of hydrogen-bond donors (Lipinski definition) is 2. The van der Waals surface area contributed by atoms with Gasteiger partial charge in [0.15, 0.2) is 0 Å². The molecule has 0 aromatic heterocycles. The molecule has 0 spiro atoms. The average molecular weight is 267 g/mol. The van der Waals surface area contributed by atoms with Crippen LogP contribution in [-0.4, -0.2) is 24.8 Å². The molecule has 0 fully saturated rings. The molecule has 0 radical (unpaired) electrons. The molecule has 0 saturated heterocycles. The van der Waals surface area contributed by atoms with Gasteiger partial charge in [-0.2, -0.15) is 0 Å². The minimum absolute atomic E-state index is 0.305. The predicted octanol–water partition coefficient (Wildman–Crippen LogP) is 2.69. The molecule has 2 aromatic rings. The van der Waals surface area contributed by atoms with Crippen LogP contribution in [-0.2, 0) is 6.42 Å². The van der Waals surface area contributed by atoms with Crippen LogP contribution in [0.15, 0.2) is 48.5 Å². The molecule has 104 valence electrons. The Labute approximate surface area is 120 Å². The number of nitrogens with one attached hydrogen (secondary N) is 1. The van der Waals surface area contributed by atoms with Gasteiger partial charge in [-0.15, -0.1) is 0 Å². The highest BCUT2D eigenvalue weighted by Crippen LogP contribution is 2.38. The monoisotopic (exact) mass is 267 g/mol. The second-order valence-electron chi connectivity index (χ2n) is 5.57. The smallest absolute Gasteiger partial charge is 0.0673 e. The van der Waals surface area contributed by atoms with Crippen LogP contribution in [0.2, 0.25) is 0 Å². The molecule has 0 saturated carbocycles. The second kappa shape index (κ2) is 5.78. The minimum Gasteiger partial charge on any atom is -0.392 e. The van der Waals surface area contributed by atoms with Crippen LogP contribution in [0.3, 0.4) is 0 Å². The molecular formula is C18H21NO. The lowest BCUT2D eigenvalue weighted by Crippen LogP contribution is -2.27. The summed E-state index contributed by atoms with van der Waals surface area (Å²) in [4.78, 5) is 0. The van der Waals surface area contributed by atoms with Crippen LogP contribution < -0.4 is 5.32 Å². The van der Waals surface area contributed by atoms with E-state index in [9.17, 15) is 5.11 Å². The van der Waals surface area contributed by atoms with Crippen LogP contribution in [0.25, 0.3) is 0 Å². The molecule has 2 heteroatoms. The van der Waals surface area contributed by atoms with Crippen molar-refractivity contribution >= 4 is 0 Å². The number of rotatable bonds is 4. The van der Waals surface area contributed by atoms with E-state index in [0.29, 0.717) is 12.5 Å². The summed E-state index contributed by atoms with van der Waals surface area (Å²) < 4.78 is 0. The van der Waals surface area contributed by atoms with E-state index in [1.165, 1.54) is 22.3 Å². The highest BCUT2D eigenvalue weighted by atomic mass is 16.3. The summed E-state index contributed by atoms with van der Waals surface area (Å²) in [5.74, 6) is 0.305. The maximum atomic E-state index is 10.2. The molecule has 0 bridgehead atoms. The fourth-order valence-corrected chi connectivity index (χ4v) is 3.29. The minimum atomic E-state index is -0.316. The Morgan fingerprint density at radius 1 is 1.05 bits per heavy atom. The number of hydrogen-bond acceptors (Lipinski definition) is 2. The fraction of sp³-hybridized carbons (Fsp3) is 0.333. The molecule has 1 aliphatic rings. The molecule has 0 unspecified atom stereocenters. The Morgan fingerprint density at radius 3 is 2.15 bits per heavy atom. The summed E-state index contributed by atoms with van der Waals surface area (Å²) in [5, 5.41) is 13.2. The van der Waals surface area contributed by atoms with Crippen LogP contribution in [0.5, 0.6) is 0 Å². The second-order valence-corrected chi connectivity index (χ2v) is 5.57. The summed E-state index contributed by atoms with van der Waals surface area (Å²) in [6, 6.07) is 17.3. The van der Waals surface area contributed by atoms with Crippen molar-refractivity contribution in [2.45, 2.75) is 24.9 Å². The van der Waals surface area contributed by atoms with Gasteiger partial charge >= 0.3 is 0 Å². The van der Waals surface area contributed by atoms with Crippen molar-refractivity contribution < 1.29 is 5.11 Å². The van der Waals surface area contributed by atoms with Crippen molar-refractivity contribution in [3.8, 4) is 0 Å². The molecular weight excluding hydrogens is 246 g/mol. The first-order valence-electron chi connectivity index (χ1n) is 7.28. The van der Waals surface area contributed by atoms with E-state index in [-0.39, 0.29) is 6.10 Å². The predicted molar refractivity (Wildman–Crippen MR) is 82.1 cm³/mol. The standard InChI is InChI=1S/C18H21NO/c1-19-12-15(20)11-18-16-8-4-2-6-13(16)10-14-7-3-5-9-17(14)18/h2-9,15,18-20H,10-12H2,1H3/t15-/m0/s1. The molecule has 0 amide bonds. The Hall–Kier alpha value is -1.64. The van der Waals surface area contributed by atoms with Gasteiger partial charge in [-0.25, -0.2) is 0 Å². The Kier molecular flexibility index (Phi) is 3.86. The number of aliphatic hydroxyl groups excluding tert-OH is 1. The molecule has 0 aliphatic heterocycles. The van der Waals surface area contributed by atoms with E-state index < -0.39 is 0 Å². The quantitative estimate of drug-likeness (QED) is 0.892. The molecule has 1 atom stereocenters. The summed E-state index contributed by atoms with van der Waals surface area (Å²) in [6.45, 7) is 0.640. The highest BCUT2D eigenvalue weighted by Gasteiger charge is 2.26. The Balaban J connectivity index is 1.99. The number of likely N-dealkylation sites (N-methyl/N-ethyl adjacent to an activating group) is 1. The van der Waals surface area contributed by atoms with Crippen molar-refractivity contribution in [1.82, 2.24) is 5.32 Å².